The summed E-state index contributed by atoms with van der Waals surface area (Å²) in [5, 5.41) is 4.52. The predicted molar refractivity (Wildman–Crippen MR) is 69.4 cm³/mol. The van der Waals surface area contributed by atoms with Crippen LogP contribution in [0.3, 0.4) is 0 Å². The van der Waals surface area contributed by atoms with Gasteiger partial charge in [-0.25, -0.2) is 0 Å². The van der Waals surface area contributed by atoms with Crippen LogP contribution >= 0.6 is 15.9 Å². The SMILES string of the molecule is CCn1nc(C)c(Br)c1CC1CCCC1N. The second-order valence-corrected chi connectivity index (χ2v) is 5.51. The zero-order valence-corrected chi connectivity index (χ0v) is 11.6. The molecular weight excluding hydrogens is 266 g/mol. The minimum absolute atomic E-state index is 0.382. The van der Waals surface area contributed by atoms with Crippen molar-refractivity contribution in [3.05, 3.63) is 15.9 Å². The van der Waals surface area contributed by atoms with Gasteiger partial charge in [-0.2, -0.15) is 5.10 Å². The average molecular weight is 286 g/mol. The number of nitrogens with two attached hydrogens (primary N) is 1. The molecule has 4 heteroatoms. The Hall–Kier alpha value is -0.350. The monoisotopic (exact) mass is 285 g/mol. The first-order chi connectivity index (χ1) is 7.63. The van der Waals surface area contributed by atoms with Crippen LogP contribution in [0, 0.1) is 12.8 Å². The van der Waals surface area contributed by atoms with Crippen LogP contribution < -0.4 is 5.73 Å². The summed E-state index contributed by atoms with van der Waals surface area (Å²) in [7, 11) is 0. The lowest BCUT2D eigenvalue weighted by Crippen LogP contribution is -2.26. The Bertz CT molecular complexity index is 373. The molecule has 2 atom stereocenters. The molecule has 1 aliphatic carbocycles. The smallest absolute Gasteiger partial charge is 0.0738 e. The maximum atomic E-state index is 6.13. The van der Waals surface area contributed by atoms with Crippen molar-refractivity contribution in [2.24, 2.45) is 11.7 Å². The molecule has 0 bridgehead atoms. The normalized spacial score (nSPS) is 25.2. The molecule has 0 aliphatic heterocycles. The van der Waals surface area contributed by atoms with Gasteiger partial charge in [0.05, 0.1) is 15.9 Å². The molecule has 2 rings (SSSR count). The fraction of sp³-hybridized carbons (Fsp3) is 0.750. The van der Waals surface area contributed by atoms with Crippen molar-refractivity contribution in [2.45, 2.75) is 52.1 Å². The molecule has 0 saturated heterocycles. The molecule has 1 aromatic heterocycles. The van der Waals surface area contributed by atoms with Crippen molar-refractivity contribution in [3.8, 4) is 0 Å². The molecule has 0 spiro atoms. The number of aromatic nitrogens is 2. The van der Waals surface area contributed by atoms with Gasteiger partial charge >= 0.3 is 0 Å². The van der Waals surface area contributed by atoms with E-state index in [4.69, 9.17) is 5.73 Å². The van der Waals surface area contributed by atoms with Gasteiger partial charge in [0.25, 0.3) is 0 Å². The maximum absolute atomic E-state index is 6.13. The van der Waals surface area contributed by atoms with Gasteiger partial charge in [-0.1, -0.05) is 6.42 Å². The number of rotatable bonds is 3. The molecule has 2 N–H and O–H groups in total. The van der Waals surface area contributed by atoms with Gasteiger partial charge in [-0.3, -0.25) is 4.68 Å². The minimum atomic E-state index is 0.382. The van der Waals surface area contributed by atoms with E-state index < -0.39 is 0 Å². The van der Waals surface area contributed by atoms with E-state index in [0.29, 0.717) is 12.0 Å². The first-order valence-electron chi connectivity index (χ1n) is 6.10. The van der Waals surface area contributed by atoms with Gasteiger partial charge in [0.2, 0.25) is 0 Å². The third kappa shape index (κ3) is 2.18. The van der Waals surface area contributed by atoms with E-state index in [1.54, 1.807) is 0 Å². The van der Waals surface area contributed by atoms with Crippen LogP contribution in [-0.4, -0.2) is 15.8 Å². The fourth-order valence-electron chi connectivity index (χ4n) is 2.63. The van der Waals surface area contributed by atoms with Crippen LogP contribution in [0.2, 0.25) is 0 Å². The molecule has 0 radical (unpaired) electrons. The van der Waals surface area contributed by atoms with Crippen molar-refractivity contribution < 1.29 is 0 Å². The van der Waals surface area contributed by atoms with E-state index in [9.17, 15) is 0 Å². The lowest BCUT2D eigenvalue weighted by atomic mass is 9.98. The number of hydrogen-bond donors (Lipinski definition) is 1. The Labute approximate surface area is 106 Å². The molecule has 16 heavy (non-hydrogen) atoms. The molecule has 2 unspecified atom stereocenters. The highest BCUT2D eigenvalue weighted by atomic mass is 79.9. The number of aryl methyl sites for hydroxylation is 2. The molecule has 1 aliphatic rings. The standard InChI is InChI=1S/C12H20BrN3/c1-3-16-11(12(13)8(2)15-16)7-9-5-4-6-10(9)14/h9-10H,3-7,14H2,1-2H3. The van der Waals surface area contributed by atoms with Gasteiger partial charge in [0, 0.05) is 12.6 Å². The summed E-state index contributed by atoms with van der Waals surface area (Å²) in [4.78, 5) is 0. The van der Waals surface area contributed by atoms with E-state index in [-0.39, 0.29) is 0 Å². The Balaban J connectivity index is 2.19. The molecule has 1 aromatic rings. The first kappa shape index (κ1) is 12.1. The van der Waals surface area contributed by atoms with Crippen LogP contribution in [0.5, 0.6) is 0 Å². The quantitative estimate of drug-likeness (QED) is 0.928. The Morgan fingerprint density at radius 2 is 2.25 bits per heavy atom. The van der Waals surface area contributed by atoms with Crippen LogP contribution in [-0.2, 0) is 13.0 Å². The van der Waals surface area contributed by atoms with Crippen LogP contribution in [0.4, 0.5) is 0 Å². The molecule has 1 heterocycles. The third-order valence-corrected chi connectivity index (χ3v) is 4.66. The molecule has 0 amide bonds. The zero-order chi connectivity index (χ0) is 11.7. The second kappa shape index (κ2) is 4.88. The lowest BCUT2D eigenvalue weighted by Gasteiger charge is -2.16. The Morgan fingerprint density at radius 3 is 2.81 bits per heavy atom. The van der Waals surface area contributed by atoms with E-state index in [2.05, 4.69) is 32.6 Å². The molecule has 1 saturated carbocycles. The third-order valence-electron chi connectivity index (χ3n) is 3.63. The van der Waals surface area contributed by atoms with Crippen LogP contribution in [0.15, 0.2) is 4.47 Å². The largest absolute Gasteiger partial charge is 0.327 e. The number of nitrogens with zero attached hydrogens (tertiary/aromatic N) is 2. The van der Waals surface area contributed by atoms with E-state index in [1.165, 1.54) is 29.4 Å². The Kier molecular flexibility index (Phi) is 3.70. The molecule has 0 aromatic carbocycles. The summed E-state index contributed by atoms with van der Waals surface area (Å²) in [6.45, 7) is 5.12. The lowest BCUT2D eigenvalue weighted by molar-refractivity contribution is 0.456. The van der Waals surface area contributed by atoms with Crippen LogP contribution in [0.1, 0.15) is 37.6 Å². The highest BCUT2D eigenvalue weighted by molar-refractivity contribution is 9.10. The molecule has 90 valence electrons. The van der Waals surface area contributed by atoms with Crippen molar-refractivity contribution >= 4 is 15.9 Å². The summed E-state index contributed by atoms with van der Waals surface area (Å²) in [6, 6.07) is 0.382. The number of halogens is 1. The topological polar surface area (TPSA) is 43.8 Å². The highest BCUT2D eigenvalue weighted by Crippen LogP contribution is 2.31. The van der Waals surface area contributed by atoms with Crippen molar-refractivity contribution in [1.82, 2.24) is 9.78 Å². The predicted octanol–water partition coefficient (Wildman–Crippen LogP) is 2.64. The van der Waals surface area contributed by atoms with Gasteiger partial charge in [-0.15, -0.1) is 0 Å². The zero-order valence-electron chi connectivity index (χ0n) is 10.0. The van der Waals surface area contributed by atoms with Crippen molar-refractivity contribution in [1.29, 1.82) is 0 Å². The van der Waals surface area contributed by atoms with Gasteiger partial charge in [0.15, 0.2) is 0 Å². The Morgan fingerprint density at radius 1 is 1.50 bits per heavy atom. The summed E-state index contributed by atoms with van der Waals surface area (Å²) >= 11 is 3.64. The fourth-order valence-corrected chi connectivity index (χ4v) is 3.08. The highest BCUT2D eigenvalue weighted by Gasteiger charge is 2.26. The number of hydrogen-bond acceptors (Lipinski definition) is 2. The van der Waals surface area contributed by atoms with E-state index in [0.717, 1.165) is 18.7 Å². The molecule has 1 fully saturated rings. The molecular formula is C12H20BrN3. The summed E-state index contributed by atoms with van der Waals surface area (Å²) in [5.41, 5.74) is 8.54. The van der Waals surface area contributed by atoms with Crippen molar-refractivity contribution in [3.63, 3.8) is 0 Å². The maximum Gasteiger partial charge on any atom is 0.0738 e. The van der Waals surface area contributed by atoms with E-state index in [1.807, 2.05) is 6.92 Å². The summed E-state index contributed by atoms with van der Waals surface area (Å²) < 4.78 is 3.28. The summed E-state index contributed by atoms with van der Waals surface area (Å²) in [5.74, 6) is 0.637. The first-order valence-corrected chi connectivity index (χ1v) is 6.90. The van der Waals surface area contributed by atoms with Crippen molar-refractivity contribution in [2.75, 3.05) is 0 Å². The second-order valence-electron chi connectivity index (χ2n) is 4.72. The van der Waals surface area contributed by atoms with Crippen LogP contribution in [0.25, 0.3) is 0 Å². The van der Waals surface area contributed by atoms with Gasteiger partial charge < -0.3 is 5.73 Å². The summed E-state index contributed by atoms with van der Waals surface area (Å²) in [6.07, 6.45) is 4.79. The van der Waals surface area contributed by atoms with Gasteiger partial charge in [-0.05, 0) is 55.0 Å². The average Bonchev–Trinajstić information content (AvgIpc) is 2.78. The van der Waals surface area contributed by atoms with E-state index >= 15 is 0 Å². The molecule has 3 nitrogen and oxygen atoms in total. The van der Waals surface area contributed by atoms with Gasteiger partial charge in [0.1, 0.15) is 0 Å². The minimum Gasteiger partial charge on any atom is -0.327 e.